The average molecular weight is 595 g/mol. The number of nitrogens with two attached hydrogens (primary N) is 1. The molecule has 218 valence electrons. The van der Waals surface area contributed by atoms with Crippen molar-refractivity contribution in [2.45, 2.75) is 26.2 Å². The van der Waals surface area contributed by atoms with E-state index in [1.807, 2.05) is 23.1 Å². The van der Waals surface area contributed by atoms with Crippen molar-refractivity contribution < 1.29 is 50.9 Å². The van der Waals surface area contributed by atoms with Gasteiger partial charge in [0.1, 0.15) is 0 Å². The molecule has 0 atom stereocenters. The highest BCUT2D eigenvalue weighted by molar-refractivity contribution is 7.22. The van der Waals surface area contributed by atoms with Gasteiger partial charge in [-0.2, -0.15) is 26.3 Å². The lowest BCUT2D eigenvalue weighted by molar-refractivity contribution is -0.193. The summed E-state index contributed by atoms with van der Waals surface area (Å²) in [6, 6.07) is 12.2. The molecule has 4 N–H and O–H groups in total. The molecule has 1 aliphatic heterocycles. The van der Waals surface area contributed by atoms with Crippen molar-refractivity contribution >= 4 is 50.2 Å². The number of carboxylic acids is 2. The summed E-state index contributed by atoms with van der Waals surface area (Å²) in [5, 5.41) is 14.8. The number of anilines is 2. The molecule has 0 unspecified atom stereocenters. The van der Waals surface area contributed by atoms with Gasteiger partial charge in [-0.25, -0.2) is 14.6 Å². The van der Waals surface area contributed by atoms with E-state index in [0.717, 1.165) is 36.4 Å². The number of nitrogens with zero attached hydrogens (tertiary/aromatic N) is 3. The molecule has 0 aliphatic carbocycles. The van der Waals surface area contributed by atoms with Crippen LogP contribution in [-0.2, 0) is 9.59 Å². The number of aryl methyl sites for hydroxylation is 2. The molecular formula is C24H24F6N4O5S. The summed E-state index contributed by atoms with van der Waals surface area (Å²) in [6.45, 7) is 7.40. The number of carbonyl (C=O) groups is 3. The summed E-state index contributed by atoms with van der Waals surface area (Å²) in [4.78, 5) is 39.2. The Balaban J connectivity index is 0.000000333. The number of hydrogen-bond acceptors (Lipinski definition) is 7. The fourth-order valence-corrected chi connectivity index (χ4v) is 4.19. The zero-order valence-electron chi connectivity index (χ0n) is 21.0. The third-order valence-corrected chi connectivity index (χ3v) is 6.27. The van der Waals surface area contributed by atoms with Gasteiger partial charge in [-0.05, 0) is 49.2 Å². The molecule has 0 radical (unpaired) electrons. The quantitative estimate of drug-likeness (QED) is 0.363. The second-order valence-corrected chi connectivity index (χ2v) is 9.47. The lowest BCUT2D eigenvalue weighted by atomic mass is 10.1. The Hall–Kier alpha value is -4.08. The number of benzene rings is 2. The molecular weight excluding hydrogens is 570 g/mol. The van der Waals surface area contributed by atoms with Crippen molar-refractivity contribution in [3.8, 4) is 0 Å². The maximum Gasteiger partial charge on any atom is 0.490 e. The highest BCUT2D eigenvalue weighted by Gasteiger charge is 2.38. The molecule has 2 aromatic carbocycles. The van der Waals surface area contributed by atoms with E-state index in [0.29, 0.717) is 10.7 Å². The first kappa shape index (κ1) is 32.1. The number of carbonyl (C=O) groups excluding carboxylic acids is 1. The minimum atomic E-state index is -5.08. The summed E-state index contributed by atoms with van der Waals surface area (Å²) in [6.07, 6.45) is -10.2. The Morgan fingerprint density at radius 3 is 1.90 bits per heavy atom. The smallest absolute Gasteiger partial charge is 0.475 e. The van der Waals surface area contributed by atoms with Crippen LogP contribution < -0.4 is 10.6 Å². The molecule has 40 heavy (non-hydrogen) atoms. The number of thiazole rings is 1. The Bertz CT molecular complexity index is 1340. The van der Waals surface area contributed by atoms with Crippen LogP contribution in [0.3, 0.4) is 0 Å². The maximum atomic E-state index is 12.9. The van der Waals surface area contributed by atoms with Gasteiger partial charge < -0.3 is 25.7 Å². The highest BCUT2D eigenvalue weighted by Crippen LogP contribution is 2.26. The van der Waals surface area contributed by atoms with Crippen molar-refractivity contribution in [2.24, 2.45) is 0 Å². The monoisotopic (exact) mass is 594 g/mol. The van der Waals surface area contributed by atoms with Gasteiger partial charge in [0, 0.05) is 37.4 Å². The van der Waals surface area contributed by atoms with Gasteiger partial charge >= 0.3 is 24.3 Å². The topological polar surface area (TPSA) is 137 Å². The van der Waals surface area contributed by atoms with Crippen LogP contribution in [-0.4, -0.2) is 76.5 Å². The number of aromatic nitrogens is 1. The van der Waals surface area contributed by atoms with E-state index >= 15 is 0 Å². The SMILES string of the molecule is Cc1ccc(C)c(N2CCN(C(=O)c3ccc4sc(N)nc4c3)CC2)c1.O=C(O)C(F)(F)F.O=C(O)C(F)(F)F. The van der Waals surface area contributed by atoms with Gasteiger partial charge in [-0.3, -0.25) is 4.79 Å². The predicted octanol–water partition coefficient (Wildman–Crippen LogP) is 4.72. The molecule has 0 spiro atoms. The van der Waals surface area contributed by atoms with Crippen LogP contribution in [0.1, 0.15) is 21.5 Å². The standard InChI is InChI=1S/C20H22N4OS.2C2HF3O2/c1-13-3-4-14(2)17(11-13)23-7-9-24(10-8-23)19(25)15-5-6-18-16(12-15)22-20(21)26-18;2*3-2(4,5)1(6)7/h3-6,11-12H,7-10H2,1-2H3,(H2,21,22);2*(H,6,7). The van der Waals surface area contributed by atoms with Crippen LogP contribution in [0.5, 0.6) is 0 Å². The first-order valence-corrected chi connectivity index (χ1v) is 12.1. The number of amides is 1. The molecule has 0 bridgehead atoms. The molecule has 9 nitrogen and oxygen atoms in total. The number of fused-ring (bicyclic) bond motifs is 1. The first-order chi connectivity index (χ1) is 18.4. The predicted molar refractivity (Wildman–Crippen MR) is 135 cm³/mol. The van der Waals surface area contributed by atoms with E-state index in [2.05, 4.69) is 41.9 Å². The number of rotatable bonds is 2. The van der Waals surface area contributed by atoms with E-state index in [4.69, 9.17) is 25.5 Å². The fourth-order valence-electron chi connectivity index (χ4n) is 3.47. The molecule has 1 amide bonds. The van der Waals surface area contributed by atoms with Crippen LogP contribution in [0.4, 0.5) is 37.2 Å². The number of alkyl halides is 6. The number of halogens is 6. The molecule has 1 aliphatic rings. The number of nitrogen functional groups attached to an aromatic ring is 1. The summed E-state index contributed by atoms with van der Waals surface area (Å²) in [7, 11) is 0. The van der Waals surface area contributed by atoms with Crippen molar-refractivity contribution in [2.75, 3.05) is 36.8 Å². The van der Waals surface area contributed by atoms with E-state index in [1.165, 1.54) is 28.2 Å². The minimum Gasteiger partial charge on any atom is -0.475 e. The van der Waals surface area contributed by atoms with Crippen molar-refractivity contribution in [1.29, 1.82) is 0 Å². The van der Waals surface area contributed by atoms with Gasteiger partial charge in [0.15, 0.2) is 5.13 Å². The number of piperazine rings is 1. The van der Waals surface area contributed by atoms with Gasteiger partial charge in [-0.15, -0.1) is 0 Å². The number of aliphatic carboxylic acids is 2. The number of hydrogen-bond donors (Lipinski definition) is 3. The van der Waals surface area contributed by atoms with Crippen LogP contribution in [0.25, 0.3) is 10.2 Å². The second-order valence-electron chi connectivity index (χ2n) is 8.41. The van der Waals surface area contributed by atoms with Crippen molar-refractivity contribution in [3.05, 3.63) is 53.1 Å². The normalized spacial score (nSPS) is 13.6. The maximum absolute atomic E-state index is 12.9. The third kappa shape index (κ3) is 9.00. The highest BCUT2D eigenvalue weighted by atomic mass is 32.1. The van der Waals surface area contributed by atoms with Crippen LogP contribution >= 0.6 is 11.3 Å². The molecule has 4 rings (SSSR count). The van der Waals surface area contributed by atoms with E-state index < -0.39 is 24.3 Å². The number of carboxylic acid groups (broad SMARTS) is 2. The van der Waals surface area contributed by atoms with Gasteiger partial charge in [0.05, 0.1) is 10.2 Å². The molecule has 0 saturated carbocycles. The Morgan fingerprint density at radius 1 is 0.875 bits per heavy atom. The Labute approximate surface area is 227 Å². The van der Waals surface area contributed by atoms with Crippen LogP contribution in [0, 0.1) is 13.8 Å². The van der Waals surface area contributed by atoms with E-state index in [1.54, 1.807) is 0 Å². The van der Waals surface area contributed by atoms with Gasteiger partial charge in [-0.1, -0.05) is 23.5 Å². The Morgan fingerprint density at radius 2 is 1.40 bits per heavy atom. The summed E-state index contributed by atoms with van der Waals surface area (Å²) < 4.78 is 64.5. The van der Waals surface area contributed by atoms with Crippen LogP contribution in [0.2, 0.25) is 0 Å². The molecule has 3 aromatic rings. The molecule has 1 saturated heterocycles. The first-order valence-electron chi connectivity index (χ1n) is 11.3. The lowest BCUT2D eigenvalue weighted by Gasteiger charge is -2.37. The third-order valence-electron chi connectivity index (χ3n) is 5.41. The molecule has 16 heteroatoms. The average Bonchev–Trinajstić information content (AvgIpc) is 3.24. The van der Waals surface area contributed by atoms with Crippen molar-refractivity contribution in [3.63, 3.8) is 0 Å². The zero-order chi connectivity index (χ0) is 30.4. The van der Waals surface area contributed by atoms with E-state index in [9.17, 15) is 31.1 Å². The van der Waals surface area contributed by atoms with Gasteiger partial charge in [0.25, 0.3) is 5.91 Å². The molecule has 2 heterocycles. The summed E-state index contributed by atoms with van der Waals surface area (Å²) in [5.41, 5.74) is 11.1. The second kappa shape index (κ2) is 12.8. The Kier molecular flexibility index (Phi) is 10.3. The van der Waals surface area contributed by atoms with E-state index in [-0.39, 0.29) is 5.91 Å². The minimum absolute atomic E-state index is 0.0686. The largest absolute Gasteiger partial charge is 0.490 e. The van der Waals surface area contributed by atoms with Gasteiger partial charge in [0.2, 0.25) is 0 Å². The summed E-state index contributed by atoms with van der Waals surface area (Å²) in [5.74, 6) is -5.45. The molecule has 1 fully saturated rings. The van der Waals surface area contributed by atoms with Crippen molar-refractivity contribution in [1.82, 2.24) is 9.88 Å². The zero-order valence-corrected chi connectivity index (χ0v) is 21.8. The fraction of sp³-hybridized carbons (Fsp3) is 0.333. The molecule has 1 aromatic heterocycles. The lowest BCUT2D eigenvalue weighted by Crippen LogP contribution is -2.49. The summed E-state index contributed by atoms with van der Waals surface area (Å²) >= 11 is 1.44. The van der Waals surface area contributed by atoms with Crippen LogP contribution in [0.15, 0.2) is 36.4 Å².